The monoisotopic (exact) mass is 444 g/mol. The fourth-order valence-electron chi connectivity index (χ4n) is 3.44. The number of likely N-dealkylation sites (N-methyl/N-ethyl adjacent to an activating group) is 1. The first kappa shape index (κ1) is 21.7. The zero-order chi connectivity index (χ0) is 22.2. The van der Waals surface area contributed by atoms with Crippen LogP contribution in [-0.4, -0.2) is 34.9 Å². The Morgan fingerprint density at radius 3 is 2.53 bits per heavy atom. The van der Waals surface area contributed by atoms with Gasteiger partial charge in [-0.15, -0.1) is 0 Å². The Hall–Kier alpha value is -2.97. The van der Waals surface area contributed by atoms with Crippen LogP contribution >= 0.6 is 23.8 Å². The lowest BCUT2D eigenvalue weighted by Gasteiger charge is -2.38. The van der Waals surface area contributed by atoms with Crippen molar-refractivity contribution in [1.82, 2.24) is 10.2 Å². The average Bonchev–Trinajstić information content (AvgIpc) is 2.67. The van der Waals surface area contributed by atoms with Crippen molar-refractivity contribution in [2.45, 2.75) is 19.9 Å². The highest BCUT2D eigenvalue weighted by Gasteiger charge is 2.36. The summed E-state index contributed by atoms with van der Waals surface area (Å²) in [5.74, 6) is -0.220. The molecule has 0 aromatic heterocycles. The van der Waals surface area contributed by atoms with E-state index in [9.17, 15) is 14.9 Å². The van der Waals surface area contributed by atoms with Gasteiger partial charge in [0.2, 0.25) is 0 Å². The summed E-state index contributed by atoms with van der Waals surface area (Å²) in [6.45, 7) is 3.80. The molecule has 9 heteroatoms. The summed E-state index contributed by atoms with van der Waals surface area (Å²) in [6.07, 6.45) is 0. The van der Waals surface area contributed by atoms with Crippen LogP contribution in [0.15, 0.2) is 53.7 Å². The zero-order valence-corrected chi connectivity index (χ0v) is 18.5. The van der Waals surface area contributed by atoms with Gasteiger partial charge in [-0.25, -0.2) is 0 Å². The quantitative estimate of drug-likeness (QED) is 0.429. The Kier molecular flexibility index (Phi) is 6.09. The lowest BCUT2D eigenvalue weighted by molar-refractivity contribution is -0.384. The van der Waals surface area contributed by atoms with Crippen LogP contribution in [0.1, 0.15) is 24.1 Å². The van der Waals surface area contributed by atoms with Gasteiger partial charge >= 0.3 is 0 Å². The molecule has 0 saturated carbocycles. The van der Waals surface area contributed by atoms with E-state index in [1.165, 1.54) is 17.0 Å². The van der Waals surface area contributed by atoms with Gasteiger partial charge in [0.25, 0.3) is 11.6 Å². The first-order valence-corrected chi connectivity index (χ1v) is 9.94. The normalized spacial score (nSPS) is 16.4. The number of rotatable bonds is 4. The van der Waals surface area contributed by atoms with Gasteiger partial charge in [-0.05, 0) is 55.4 Å². The van der Waals surface area contributed by atoms with Crippen LogP contribution in [0.5, 0.6) is 0 Å². The second kappa shape index (κ2) is 8.41. The Morgan fingerprint density at radius 2 is 1.93 bits per heavy atom. The fraction of sp³-hybridized carbons (Fsp3) is 0.238. The highest BCUT2D eigenvalue weighted by atomic mass is 35.5. The van der Waals surface area contributed by atoms with Gasteiger partial charge in [0.15, 0.2) is 5.11 Å². The molecule has 0 aliphatic carbocycles. The van der Waals surface area contributed by atoms with E-state index in [-0.39, 0.29) is 16.6 Å². The molecule has 1 unspecified atom stereocenters. The molecule has 1 atom stereocenters. The predicted octanol–water partition coefficient (Wildman–Crippen LogP) is 4.35. The van der Waals surface area contributed by atoms with Crippen LogP contribution in [0.2, 0.25) is 5.02 Å². The molecule has 2 aromatic carbocycles. The molecule has 1 aliphatic heterocycles. The number of nitro benzene ring substituents is 1. The maximum absolute atomic E-state index is 13.1. The Labute approximate surface area is 185 Å². The van der Waals surface area contributed by atoms with Crippen LogP contribution in [-0.2, 0) is 4.79 Å². The van der Waals surface area contributed by atoms with Crippen molar-refractivity contribution in [3.05, 3.63) is 80.0 Å². The molecule has 1 N–H and O–H groups in total. The number of hydrogen-bond donors (Lipinski definition) is 1. The highest BCUT2D eigenvalue weighted by molar-refractivity contribution is 7.80. The van der Waals surface area contributed by atoms with Crippen molar-refractivity contribution >= 4 is 46.2 Å². The lowest BCUT2D eigenvalue weighted by atomic mass is 9.93. The van der Waals surface area contributed by atoms with Gasteiger partial charge in [0.05, 0.1) is 16.5 Å². The van der Waals surface area contributed by atoms with Gasteiger partial charge in [0, 0.05) is 31.5 Å². The minimum atomic E-state index is -0.649. The lowest BCUT2D eigenvalue weighted by Crippen LogP contribution is -2.49. The Bertz CT molecular complexity index is 1080. The van der Waals surface area contributed by atoms with Gasteiger partial charge in [-0.1, -0.05) is 29.8 Å². The summed E-state index contributed by atoms with van der Waals surface area (Å²) in [5, 5.41) is 15.0. The largest absolute Gasteiger partial charge is 0.351 e. The number of nitrogens with one attached hydrogen (secondary N) is 1. The number of benzene rings is 2. The Morgan fingerprint density at radius 1 is 1.23 bits per heavy atom. The zero-order valence-electron chi connectivity index (χ0n) is 17.0. The molecule has 1 aliphatic rings. The van der Waals surface area contributed by atoms with Crippen LogP contribution in [0.3, 0.4) is 0 Å². The molecular formula is C21H21ClN4O3S. The number of allylic oxidation sites excluding steroid dienone is 1. The van der Waals surface area contributed by atoms with Gasteiger partial charge in [-0.3, -0.25) is 19.8 Å². The van der Waals surface area contributed by atoms with E-state index in [0.717, 1.165) is 11.3 Å². The molecule has 3 rings (SSSR count). The summed E-state index contributed by atoms with van der Waals surface area (Å²) in [7, 11) is 3.32. The van der Waals surface area contributed by atoms with Gasteiger partial charge in [-0.2, -0.15) is 0 Å². The van der Waals surface area contributed by atoms with Crippen molar-refractivity contribution in [3.8, 4) is 0 Å². The van der Waals surface area contributed by atoms with Crippen molar-refractivity contribution in [2.75, 3.05) is 19.0 Å². The summed E-state index contributed by atoms with van der Waals surface area (Å²) < 4.78 is 0. The SMILES string of the molecule is CC1=C(C(=O)N(C)C)C(c2ccc(Cl)c([N+](=O)[O-])c2)NC(=S)N1c1cccc(C)c1. The topological polar surface area (TPSA) is 78.7 Å². The number of aryl methyl sites for hydroxylation is 1. The van der Waals surface area contributed by atoms with Crippen LogP contribution in [0, 0.1) is 17.0 Å². The number of anilines is 1. The van der Waals surface area contributed by atoms with Crippen molar-refractivity contribution in [2.24, 2.45) is 0 Å². The predicted molar refractivity (Wildman–Crippen MR) is 122 cm³/mol. The van der Waals surface area contributed by atoms with E-state index in [0.29, 0.717) is 21.9 Å². The molecular weight excluding hydrogens is 424 g/mol. The van der Waals surface area contributed by atoms with Gasteiger partial charge in [0.1, 0.15) is 5.02 Å². The van der Waals surface area contributed by atoms with Crippen molar-refractivity contribution in [3.63, 3.8) is 0 Å². The van der Waals surface area contributed by atoms with Crippen LogP contribution in [0.25, 0.3) is 0 Å². The third kappa shape index (κ3) is 4.01. The molecule has 1 amide bonds. The number of nitro groups is 1. The summed E-state index contributed by atoms with van der Waals surface area (Å²) in [4.78, 5) is 27.2. The minimum Gasteiger partial charge on any atom is -0.351 e. The third-order valence-electron chi connectivity index (χ3n) is 4.88. The number of hydrogen-bond acceptors (Lipinski definition) is 4. The maximum atomic E-state index is 13.1. The maximum Gasteiger partial charge on any atom is 0.288 e. The van der Waals surface area contributed by atoms with Gasteiger partial charge < -0.3 is 10.2 Å². The summed E-state index contributed by atoms with van der Waals surface area (Å²) in [5.41, 5.74) is 3.30. The van der Waals surface area contributed by atoms with E-state index in [4.69, 9.17) is 23.8 Å². The fourth-order valence-corrected chi connectivity index (χ4v) is 3.98. The number of halogens is 1. The minimum absolute atomic E-state index is 0.0321. The Balaban J connectivity index is 2.20. The first-order valence-electron chi connectivity index (χ1n) is 9.15. The molecule has 0 spiro atoms. The molecule has 30 heavy (non-hydrogen) atoms. The van der Waals surface area contributed by atoms with Crippen molar-refractivity contribution in [1.29, 1.82) is 0 Å². The van der Waals surface area contributed by atoms with E-state index < -0.39 is 11.0 Å². The number of nitrogens with zero attached hydrogens (tertiary/aromatic N) is 3. The number of amides is 1. The smallest absolute Gasteiger partial charge is 0.288 e. The van der Waals surface area contributed by atoms with E-state index in [1.807, 2.05) is 38.1 Å². The molecule has 0 saturated heterocycles. The van der Waals surface area contributed by atoms with E-state index >= 15 is 0 Å². The average molecular weight is 445 g/mol. The van der Waals surface area contributed by atoms with Crippen molar-refractivity contribution < 1.29 is 9.72 Å². The number of carbonyl (C=O) groups excluding carboxylic acids is 1. The number of thiocarbonyl (C=S) groups is 1. The molecule has 156 valence electrons. The van der Waals surface area contributed by atoms with Crippen LogP contribution in [0.4, 0.5) is 11.4 Å². The summed E-state index contributed by atoms with van der Waals surface area (Å²) >= 11 is 11.6. The first-order chi connectivity index (χ1) is 14.1. The van der Waals surface area contributed by atoms with E-state index in [1.54, 1.807) is 25.1 Å². The molecule has 7 nitrogen and oxygen atoms in total. The molecule has 0 fully saturated rings. The molecule has 0 bridgehead atoms. The van der Waals surface area contributed by atoms with E-state index in [2.05, 4.69) is 5.32 Å². The molecule has 2 aromatic rings. The highest BCUT2D eigenvalue weighted by Crippen LogP contribution is 2.37. The second-order valence-corrected chi connectivity index (χ2v) is 8.02. The molecule has 0 radical (unpaired) electrons. The second-order valence-electron chi connectivity index (χ2n) is 7.22. The number of carbonyl (C=O) groups is 1. The third-order valence-corrected chi connectivity index (χ3v) is 5.50. The van der Waals surface area contributed by atoms with Crippen LogP contribution < -0.4 is 10.2 Å². The molecule has 1 heterocycles. The standard InChI is InChI=1S/C21H21ClN4O3S/c1-12-6-5-7-15(10-12)25-13(2)18(20(27)24(3)4)19(23-21(25)30)14-8-9-16(22)17(11-14)26(28)29/h5-11,19H,1-4H3,(H,23,30). The summed E-state index contributed by atoms with van der Waals surface area (Å²) in [6, 6.07) is 11.6.